The zero-order valence-electron chi connectivity index (χ0n) is 13.5. The van der Waals surface area contributed by atoms with E-state index in [0.717, 1.165) is 24.8 Å². The van der Waals surface area contributed by atoms with E-state index in [-0.39, 0.29) is 0 Å². The van der Waals surface area contributed by atoms with Crippen molar-refractivity contribution in [2.45, 2.75) is 84.7 Å². The lowest BCUT2D eigenvalue weighted by atomic mass is 9.83. The maximum Gasteiger partial charge on any atom is 0.0962 e. The van der Waals surface area contributed by atoms with Crippen LogP contribution in [0.15, 0.2) is 0 Å². The van der Waals surface area contributed by atoms with Gasteiger partial charge in [-0.1, -0.05) is 47.0 Å². The summed E-state index contributed by atoms with van der Waals surface area (Å²) in [7, 11) is 0. The number of aromatic nitrogens is 1. The summed E-state index contributed by atoms with van der Waals surface area (Å²) in [5.74, 6) is 1.66. The van der Waals surface area contributed by atoms with E-state index >= 15 is 0 Å². The quantitative estimate of drug-likeness (QED) is 0.808. The Bertz CT molecular complexity index is 403. The zero-order chi connectivity index (χ0) is 14.5. The van der Waals surface area contributed by atoms with E-state index in [9.17, 15) is 0 Å². The molecule has 1 aliphatic carbocycles. The van der Waals surface area contributed by atoms with Crippen molar-refractivity contribution in [2.75, 3.05) is 0 Å². The van der Waals surface area contributed by atoms with Gasteiger partial charge in [0.1, 0.15) is 0 Å². The molecule has 2 rings (SSSR count). The Morgan fingerprint density at radius 1 is 1.25 bits per heavy atom. The second-order valence-corrected chi connectivity index (χ2v) is 7.78. The molecule has 3 heteroatoms. The third kappa shape index (κ3) is 4.29. The van der Waals surface area contributed by atoms with Gasteiger partial charge in [-0.15, -0.1) is 11.3 Å². The summed E-state index contributed by atoms with van der Waals surface area (Å²) >= 11 is 1.98. The van der Waals surface area contributed by atoms with Crippen molar-refractivity contribution < 1.29 is 0 Å². The molecule has 0 spiro atoms. The fourth-order valence-corrected chi connectivity index (χ4v) is 4.18. The molecule has 1 heterocycles. The Morgan fingerprint density at radius 2 is 1.95 bits per heavy atom. The molecule has 0 amide bonds. The summed E-state index contributed by atoms with van der Waals surface area (Å²) in [4.78, 5) is 6.49. The average molecular weight is 295 g/mol. The number of aryl methyl sites for hydroxylation is 1. The highest BCUT2D eigenvalue weighted by molar-refractivity contribution is 7.11. The number of nitrogens with zero attached hydrogens (tertiary/aromatic N) is 1. The maximum atomic E-state index is 5.01. The summed E-state index contributed by atoms with van der Waals surface area (Å²) in [6, 6.07) is 0.547. The van der Waals surface area contributed by atoms with Crippen LogP contribution in [-0.2, 0) is 13.0 Å². The van der Waals surface area contributed by atoms with Crippen molar-refractivity contribution in [3.8, 4) is 0 Å². The number of hydrogen-bond acceptors (Lipinski definition) is 3. The normalized spacial score (nSPS) is 23.4. The first-order chi connectivity index (χ1) is 9.60. The molecular formula is C17H30N2S. The van der Waals surface area contributed by atoms with Gasteiger partial charge < -0.3 is 5.32 Å². The molecular weight excluding hydrogens is 264 g/mol. The first-order valence-electron chi connectivity index (χ1n) is 8.32. The lowest BCUT2D eigenvalue weighted by Gasteiger charge is -2.24. The third-order valence-corrected chi connectivity index (χ3v) is 5.58. The van der Waals surface area contributed by atoms with E-state index in [2.05, 4.69) is 33.0 Å². The van der Waals surface area contributed by atoms with E-state index < -0.39 is 0 Å². The topological polar surface area (TPSA) is 24.9 Å². The van der Waals surface area contributed by atoms with E-state index in [1.165, 1.54) is 47.7 Å². The molecule has 1 saturated carbocycles. The van der Waals surface area contributed by atoms with Gasteiger partial charge in [-0.3, -0.25) is 0 Å². The van der Waals surface area contributed by atoms with Crippen LogP contribution in [0, 0.1) is 5.92 Å². The van der Waals surface area contributed by atoms with Gasteiger partial charge in [0, 0.05) is 23.4 Å². The highest BCUT2D eigenvalue weighted by atomic mass is 32.1. The molecule has 2 nitrogen and oxygen atoms in total. The summed E-state index contributed by atoms with van der Waals surface area (Å²) in [6.07, 6.45) is 7.78. The molecule has 0 aromatic carbocycles. The SMILES string of the molecule is CCCc1nc(C2CCC(C)CC2)sc1CNC(C)C. The molecule has 0 saturated heterocycles. The molecule has 20 heavy (non-hydrogen) atoms. The number of rotatable bonds is 6. The highest BCUT2D eigenvalue weighted by Gasteiger charge is 2.23. The van der Waals surface area contributed by atoms with E-state index in [4.69, 9.17) is 4.98 Å². The van der Waals surface area contributed by atoms with Gasteiger partial charge in [-0.05, 0) is 25.2 Å². The zero-order valence-corrected chi connectivity index (χ0v) is 14.4. The van der Waals surface area contributed by atoms with Crippen molar-refractivity contribution >= 4 is 11.3 Å². The van der Waals surface area contributed by atoms with E-state index in [1.54, 1.807) is 0 Å². The average Bonchev–Trinajstić information content (AvgIpc) is 2.81. The molecule has 1 fully saturated rings. The van der Waals surface area contributed by atoms with Crippen molar-refractivity contribution in [3.63, 3.8) is 0 Å². The number of nitrogens with one attached hydrogen (secondary N) is 1. The summed E-state index contributed by atoms with van der Waals surface area (Å²) in [6.45, 7) is 10.1. The smallest absolute Gasteiger partial charge is 0.0962 e. The van der Waals surface area contributed by atoms with Crippen LogP contribution in [0.4, 0.5) is 0 Å². The lowest BCUT2D eigenvalue weighted by molar-refractivity contribution is 0.347. The summed E-state index contributed by atoms with van der Waals surface area (Å²) < 4.78 is 0. The second kappa shape index (κ2) is 7.56. The lowest BCUT2D eigenvalue weighted by Crippen LogP contribution is -2.21. The Morgan fingerprint density at radius 3 is 2.55 bits per heavy atom. The Balaban J connectivity index is 2.07. The van der Waals surface area contributed by atoms with E-state index in [0.29, 0.717) is 6.04 Å². The van der Waals surface area contributed by atoms with Crippen LogP contribution in [0.25, 0.3) is 0 Å². The van der Waals surface area contributed by atoms with Crippen LogP contribution < -0.4 is 5.32 Å². The molecule has 0 radical (unpaired) electrons. The molecule has 0 aliphatic heterocycles. The second-order valence-electron chi connectivity index (χ2n) is 6.66. The molecule has 0 atom stereocenters. The monoisotopic (exact) mass is 294 g/mol. The van der Waals surface area contributed by atoms with Crippen LogP contribution in [0.5, 0.6) is 0 Å². The van der Waals surface area contributed by atoms with Crippen molar-refractivity contribution in [3.05, 3.63) is 15.6 Å². The predicted octanol–water partition coefficient (Wildman–Crippen LogP) is 4.89. The predicted molar refractivity (Wildman–Crippen MR) is 88.5 cm³/mol. The fraction of sp³-hybridized carbons (Fsp3) is 0.824. The highest BCUT2D eigenvalue weighted by Crippen LogP contribution is 2.38. The van der Waals surface area contributed by atoms with Gasteiger partial charge in [0.2, 0.25) is 0 Å². The maximum absolute atomic E-state index is 5.01. The van der Waals surface area contributed by atoms with Gasteiger partial charge >= 0.3 is 0 Å². The fourth-order valence-electron chi connectivity index (χ4n) is 2.95. The van der Waals surface area contributed by atoms with Crippen LogP contribution >= 0.6 is 11.3 Å². The number of thiazole rings is 1. The van der Waals surface area contributed by atoms with Gasteiger partial charge in [-0.2, -0.15) is 0 Å². The summed E-state index contributed by atoms with van der Waals surface area (Å²) in [5.41, 5.74) is 1.36. The van der Waals surface area contributed by atoms with Gasteiger partial charge in [0.15, 0.2) is 0 Å². The van der Waals surface area contributed by atoms with Crippen LogP contribution in [0.2, 0.25) is 0 Å². The molecule has 1 aromatic rings. The van der Waals surface area contributed by atoms with Crippen LogP contribution in [0.3, 0.4) is 0 Å². The van der Waals surface area contributed by atoms with Crippen LogP contribution in [-0.4, -0.2) is 11.0 Å². The van der Waals surface area contributed by atoms with Gasteiger partial charge in [-0.25, -0.2) is 4.98 Å². The minimum absolute atomic E-state index is 0.547. The molecule has 1 aliphatic rings. The van der Waals surface area contributed by atoms with Gasteiger partial charge in [0.05, 0.1) is 10.7 Å². The Kier molecular flexibility index (Phi) is 6.03. The van der Waals surface area contributed by atoms with Crippen molar-refractivity contribution in [2.24, 2.45) is 5.92 Å². The minimum atomic E-state index is 0.547. The van der Waals surface area contributed by atoms with Crippen LogP contribution in [0.1, 0.15) is 81.3 Å². The minimum Gasteiger partial charge on any atom is -0.310 e. The van der Waals surface area contributed by atoms with Crippen molar-refractivity contribution in [1.82, 2.24) is 10.3 Å². The molecule has 1 aromatic heterocycles. The van der Waals surface area contributed by atoms with Crippen molar-refractivity contribution in [1.29, 1.82) is 0 Å². The molecule has 0 bridgehead atoms. The molecule has 1 N–H and O–H groups in total. The molecule has 114 valence electrons. The standard InChI is InChI=1S/C17H30N2S/c1-5-6-15-16(11-18-12(2)3)20-17(19-15)14-9-7-13(4)8-10-14/h12-14,18H,5-11H2,1-4H3. The molecule has 0 unspecified atom stereocenters. The largest absolute Gasteiger partial charge is 0.310 e. The van der Waals surface area contributed by atoms with Gasteiger partial charge in [0.25, 0.3) is 0 Å². The first kappa shape index (κ1) is 16.0. The Hall–Kier alpha value is -0.410. The third-order valence-electron chi connectivity index (χ3n) is 4.32. The Labute approximate surface area is 128 Å². The summed E-state index contributed by atoms with van der Waals surface area (Å²) in [5, 5.41) is 4.97. The first-order valence-corrected chi connectivity index (χ1v) is 9.13. The van der Waals surface area contributed by atoms with E-state index in [1.807, 2.05) is 11.3 Å². The number of hydrogen-bond donors (Lipinski definition) is 1.